The first kappa shape index (κ1) is 14.0. The van der Waals surface area contributed by atoms with Crippen molar-refractivity contribution >= 4 is 11.5 Å². The highest BCUT2D eigenvalue weighted by atomic mass is 16.5. The Balaban J connectivity index is 2.72. The predicted molar refractivity (Wildman–Crippen MR) is 70.6 cm³/mol. The Kier molecular flexibility index (Phi) is 5.10. The van der Waals surface area contributed by atoms with Crippen LogP contribution < -0.4 is 20.5 Å². The molecule has 1 unspecified atom stereocenters. The number of ether oxygens (including phenoxy) is 2. The number of nitrogens with one attached hydrogen (secondary N) is 1. The number of oxime groups is 1. The number of rotatable bonds is 6. The second-order valence-corrected chi connectivity index (χ2v) is 3.91. The van der Waals surface area contributed by atoms with Crippen LogP contribution in [0.3, 0.4) is 0 Å². The number of nitrogens with zero attached hydrogens (tertiary/aromatic N) is 1. The molecule has 100 valence electrons. The van der Waals surface area contributed by atoms with E-state index in [2.05, 4.69) is 10.5 Å². The Bertz CT molecular complexity index is 399. The molecule has 0 radical (unpaired) electrons. The monoisotopic (exact) mass is 253 g/mol. The molecule has 1 aromatic carbocycles. The van der Waals surface area contributed by atoms with Crippen molar-refractivity contribution < 1.29 is 14.7 Å². The van der Waals surface area contributed by atoms with E-state index in [1.807, 2.05) is 19.1 Å². The Labute approximate surface area is 106 Å². The van der Waals surface area contributed by atoms with Gasteiger partial charge >= 0.3 is 0 Å². The van der Waals surface area contributed by atoms with Crippen LogP contribution in [0.2, 0.25) is 0 Å². The van der Waals surface area contributed by atoms with E-state index in [1.165, 1.54) is 0 Å². The first-order valence-corrected chi connectivity index (χ1v) is 5.55. The number of methoxy groups -OCH3 is 2. The first-order valence-electron chi connectivity index (χ1n) is 5.55. The Hall–Kier alpha value is -2.11. The molecule has 6 nitrogen and oxygen atoms in total. The molecule has 0 fully saturated rings. The van der Waals surface area contributed by atoms with Gasteiger partial charge in [-0.15, -0.1) is 0 Å². The summed E-state index contributed by atoms with van der Waals surface area (Å²) in [5.74, 6) is 1.52. The normalized spacial score (nSPS) is 12.9. The van der Waals surface area contributed by atoms with Gasteiger partial charge in [-0.3, -0.25) is 0 Å². The minimum atomic E-state index is -0.0767. The van der Waals surface area contributed by atoms with Gasteiger partial charge in [0, 0.05) is 36.3 Å². The summed E-state index contributed by atoms with van der Waals surface area (Å²) in [7, 11) is 3.19. The van der Waals surface area contributed by atoms with Crippen LogP contribution in [-0.4, -0.2) is 31.8 Å². The number of amidine groups is 1. The number of anilines is 1. The van der Waals surface area contributed by atoms with Gasteiger partial charge in [0.1, 0.15) is 17.3 Å². The number of nitrogens with two attached hydrogens (primary N) is 1. The molecule has 0 aromatic heterocycles. The molecule has 0 bridgehead atoms. The van der Waals surface area contributed by atoms with Crippen LogP contribution in [0.5, 0.6) is 11.5 Å². The van der Waals surface area contributed by atoms with Gasteiger partial charge in [-0.25, -0.2) is 0 Å². The number of hydrogen-bond donors (Lipinski definition) is 3. The summed E-state index contributed by atoms with van der Waals surface area (Å²) in [6, 6.07) is 5.49. The molecule has 0 spiro atoms. The van der Waals surface area contributed by atoms with Crippen LogP contribution in [0, 0.1) is 5.92 Å². The third kappa shape index (κ3) is 3.73. The molecule has 0 aliphatic rings. The van der Waals surface area contributed by atoms with E-state index in [1.54, 1.807) is 20.3 Å². The van der Waals surface area contributed by atoms with E-state index in [4.69, 9.17) is 20.4 Å². The lowest BCUT2D eigenvalue weighted by atomic mass is 10.1. The van der Waals surface area contributed by atoms with Gasteiger partial charge in [0.2, 0.25) is 0 Å². The van der Waals surface area contributed by atoms with Gasteiger partial charge in [0.15, 0.2) is 0 Å². The molecular formula is C12H19N3O3. The highest BCUT2D eigenvalue weighted by molar-refractivity contribution is 5.82. The average Bonchev–Trinajstić information content (AvgIpc) is 2.43. The van der Waals surface area contributed by atoms with E-state index in [9.17, 15) is 0 Å². The van der Waals surface area contributed by atoms with Gasteiger partial charge in [0.05, 0.1) is 14.2 Å². The molecule has 18 heavy (non-hydrogen) atoms. The maximum atomic E-state index is 8.56. The van der Waals surface area contributed by atoms with Gasteiger partial charge in [-0.1, -0.05) is 12.1 Å². The zero-order valence-corrected chi connectivity index (χ0v) is 10.8. The summed E-state index contributed by atoms with van der Waals surface area (Å²) >= 11 is 0. The van der Waals surface area contributed by atoms with Gasteiger partial charge in [0.25, 0.3) is 0 Å². The second-order valence-electron chi connectivity index (χ2n) is 3.91. The number of hydrogen-bond acceptors (Lipinski definition) is 5. The predicted octanol–water partition coefficient (Wildman–Crippen LogP) is 1.50. The van der Waals surface area contributed by atoms with Crippen molar-refractivity contribution in [2.75, 3.05) is 26.1 Å². The van der Waals surface area contributed by atoms with Crippen LogP contribution in [0.15, 0.2) is 23.4 Å². The summed E-state index contributed by atoms with van der Waals surface area (Å²) in [5.41, 5.74) is 6.35. The molecule has 0 saturated carbocycles. The third-order valence-electron chi connectivity index (χ3n) is 2.58. The fraction of sp³-hybridized carbons (Fsp3) is 0.417. The largest absolute Gasteiger partial charge is 0.497 e. The standard InChI is InChI=1S/C12H19N3O3/c1-8(12(13)15-16)7-14-9-4-10(17-2)6-11(5-9)18-3/h4-6,8,14,16H,7H2,1-3H3,(H2,13,15). The van der Waals surface area contributed by atoms with E-state index < -0.39 is 0 Å². The zero-order valence-electron chi connectivity index (χ0n) is 10.8. The van der Waals surface area contributed by atoms with Crippen molar-refractivity contribution in [1.29, 1.82) is 0 Å². The van der Waals surface area contributed by atoms with Crippen LogP contribution >= 0.6 is 0 Å². The summed E-state index contributed by atoms with van der Waals surface area (Å²) in [6.45, 7) is 2.41. The van der Waals surface area contributed by atoms with Crippen molar-refractivity contribution in [1.82, 2.24) is 0 Å². The quantitative estimate of drug-likeness (QED) is 0.309. The molecule has 4 N–H and O–H groups in total. The highest BCUT2D eigenvalue weighted by Gasteiger charge is 2.08. The SMILES string of the molecule is COc1cc(NCC(C)C(N)=NO)cc(OC)c1. The van der Waals surface area contributed by atoms with Crippen molar-refractivity contribution in [3.05, 3.63) is 18.2 Å². The molecule has 0 saturated heterocycles. The maximum absolute atomic E-state index is 8.56. The molecule has 0 aliphatic heterocycles. The number of benzene rings is 1. The van der Waals surface area contributed by atoms with Crippen molar-refractivity contribution in [3.63, 3.8) is 0 Å². The van der Waals surface area contributed by atoms with Crippen molar-refractivity contribution in [2.45, 2.75) is 6.92 Å². The van der Waals surface area contributed by atoms with Crippen molar-refractivity contribution in [3.8, 4) is 11.5 Å². The second kappa shape index (κ2) is 6.58. The molecule has 1 aromatic rings. The fourth-order valence-corrected chi connectivity index (χ4v) is 1.38. The van der Waals surface area contributed by atoms with Gasteiger partial charge in [-0.2, -0.15) is 0 Å². The lowest BCUT2D eigenvalue weighted by Gasteiger charge is -2.14. The Morgan fingerprint density at radius 2 is 1.89 bits per heavy atom. The molecule has 0 amide bonds. The highest BCUT2D eigenvalue weighted by Crippen LogP contribution is 2.25. The van der Waals surface area contributed by atoms with E-state index in [0.717, 1.165) is 5.69 Å². The molecule has 6 heteroatoms. The van der Waals surface area contributed by atoms with E-state index >= 15 is 0 Å². The maximum Gasteiger partial charge on any atom is 0.143 e. The van der Waals surface area contributed by atoms with Crippen LogP contribution in [-0.2, 0) is 0 Å². The molecule has 1 rings (SSSR count). The lowest BCUT2D eigenvalue weighted by Crippen LogP contribution is -2.27. The van der Waals surface area contributed by atoms with Gasteiger partial charge in [-0.05, 0) is 0 Å². The molecule has 0 heterocycles. The van der Waals surface area contributed by atoms with Crippen LogP contribution in [0.4, 0.5) is 5.69 Å². The Morgan fingerprint density at radius 3 is 2.33 bits per heavy atom. The van der Waals surface area contributed by atoms with Crippen LogP contribution in [0.1, 0.15) is 6.92 Å². The smallest absolute Gasteiger partial charge is 0.143 e. The summed E-state index contributed by atoms with van der Waals surface area (Å²) < 4.78 is 10.3. The zero-order chi connectivity index (χ0) is 13.5. The van der Waals surface area contributed by atoms with Crippen molar-refractivity contribution in [2.24, 2.45) is 16.8 Å². The lowest BCUT2D eigenvalue weighted by molar-refractivity contribution is 0.315. The van der Waals surface area contributed by atoms with Crippen LogP contribution in [0.25, 0.3) is 0 Å². The fourth-order valence-electron chi connectivity index (χ4n) is 1.38. The Morgan fingerprint density at radius 1 is 1.33 bits per heavy atom. The minimum Gasteiger partial charge on any atom is -0.497 e. The molecule has 1 atom stereocenters. The minimum absolute atomic E-state index is 0.0767. The molecular weight excluding hydrogens is 234 g/mol. The molecule has 0 aliphatic carbocycles. The summed E-state index contributed by atoms with van der Waals surface area (Å²) in [4.78, 5) is 0. The summed E-state index contributed by atoms with van der Waals surface area (Å²) in [5, 5.41) is 14.7. The summed E-state index contributed by atoms with van der Waals surface area (Å²) in [6.07, 6.45) is 0. The van der Waals surface area contributed by atoms with E-state index in [0.29, 0.717) is 18.0 Å². The van der Waals surface area contributed by atoms with E-state index in [-0.39, 0.29) is 11.8 Å². The average molecular weight is 253 g/mol. The third-order valence-corrected chi connectivity index (χ3v) is 2.58. The first-order chi connectivity index (χ1) is 8.60. The topological polar surface area (TPSA) is 89.1 Å². The van der Waals surface area contributed by atoms with Gasteiger partial charge < -0.3 is 25.7 Å².